The number of hydrogen-bond donors (Lipinski definition) is 0. The van der Waals surface area contributed by atoms with Gasteiger partial charge in [-0.1, -0.05) is 39.0 Å². The lowest BCUT2D eigenvalue weighted by Gasteiger charge is -2.38. The second-order valence-corrected chi connectivity index (χ2v) is 4.35. The van der Waals surface area contributed by atoms with Gasteiger partial charge < -0.3 is 0 Å². The van der Waals surface area contributed by atoms with Crippen LogP contribution in [0, 0.1) is 17.8 Å². The molecule has 0 amide bonds. The second kappa shape index (κ2) is 2.56. The summed E-state index contributed by atoms with van der Waals surface area (Å²) in [5.41, 5.74) is 0. The maximum absolute atomic E-state index is 2.45. The predicted molar refractivity (Wildman–Crippen MR) is 43.8 cm³/mol. The van der Waals surface area contributed by atoms with Gasteiger partial charge in [0.05, 0.1) is 0 Å². The Labute approximate surface area is 64.0 Å². The molecule has 0 aromatic heterocycles. The lowest BCUT2D eigenvalue weighted by Crippen LogP contribution is -2.26. The molecule has 2 bridgehead atoms. The second-order valence-electron chi connectivity index (χ2n) is 4.35. The Morgan fingerprint density at radius 3 is 2.70 bits per heavy atom. The van der Waals surface area contributed by atoms with E-state index in [1.807, 2.05) is 0 Å². The topological polar surface area (TPSA) is 0 Å². The minimum Gasteiger partial charge on any atom is -0.0622 e. The van der Waals surface area contributed by atoms with Crippen molar-refractivity contribution >= 4 is 0 Å². The molecule has 3 atom stereocenters. The molecule has 0 heteroatoms. The van der Waals surface area contributed by atoms with E-state index in [9.17, 15) is 0 Å². The molecule has 0 saturated heterocycles. The van der Waals surface area contributed by atoms with Crippen LogP contribution in [0.5, 0.6) is 0 Å². The summed E-state index contributed by atoms with van der Waals surface area (Å²) in [6, 6.07) is 0. The average molecular weight is 138 g/mol. The van der Waals surface area contributed by atoms with E-state index in [1.165, 1.54) is 25.7 Å². The van der Waals surface area contributed by atoms with Gasteiger partial charge in [-0.25, -0.2) is 0 Å². The molecular weight excluding hydrogens is 120 g/mol. The summed E-state index contributed by atoms with van der Waals surface area (Å²) in [7, 11) is 0. The van der Waals surface area contributed by atoms with Crippen LogP contribution >= 0.6 is 0 Å². The summed E-state index contributed by atoms with van der Waals surface area (Å²) >= 11 is 0. The summed E-state index contributed by atoms with van der Waals surface area (Å²) in [5, 5.41) is 0. The van der Waals surface area contributed by atoms with E-state index in [4.69, 9.17) is 0 Å². The maximum atomic E-state index is 2.45. The van der Waals surface area contributed by atoms with Gasteiger partial charge in [-0.05, 0) is 24.2 Å². The van der Waals surface area contributed by atoms with Crippen molar-refractivity contribution in [3.63, 3.8) is 0 Å². The number of fused-ring (bicyclic) bond motifs is 2. The summed E-state index contributed by atoms with van der Waals surface area (Å²) in [6.07, 6.45) is 9.24. The Kier molecular flexibility index (Phi) is 1.71. The van der Waals surface area contributed by atoms with Gasteiger partial charge in [-0.3, -0.25) is 0 Å². The van der Waals surface area contributed by atoms with Crippen LogP contribution in [0.4, 0.5) is 0 Å². The molecule has 0 radical (unpaired) electrons. The molecule has 2 saturated carbocycles. The Hall–Kier alpha value is 0. The van der Waals surface area contributed by atoms with Crippen LogP contribution in [0.2, 0.25) is 0 Å². The lowest BCUT2D eigenvalue weighted by molar-refractivity contribution is 0.133. The molecule has 2 aliphatic carbocycles. The fourth-order valence-corrected chi connectivity index (χ4v) is 2.85. The first kappa shape index (κ1) is 6.69. The lowest BCUT2D eigenvalue weighted by atomic mass is 9.67. The normalized spacial score (nSPS) is 47.1. The minimum atomic E-state index is 1.05. The molecule has 0 N–H and O–H groups in total. The quantitative estimate of drug-likeness (QED) is 0.482. The van der Waals surface area contributed by atoms with E-state index < -0.39 is 0 Å². The highest BCUT2D eigenvalue weighted by Gasteiger charge is 2.30. The summed E-state index contributed by atoms with van der Waals surface area (Å²) in [6.45, 7) is 2.45. The van der Waals surface area contributed by atoms with Gasteiger partial charge in [-0.2, -0.15) is 0 Å². The molecule has 2 unspecified atom stereocenters. The minimum absolute atomic E-state index is 1.05. The van der Waals surface area contributed by atoms with Crippen molar-refractivity contribution in [2.75, 3.05) is 0 Å². The van der Waals surface area contributed by atoms with E-state index in [-0.39, 0.29) is 0 Å². The van der Waals surface area contributed by atoms with Crippen molar-refractivity contribution in [2.24, 2.45) is 17.8 Å². The SMILES string of the molecule is C[C@H]1CCC2CCCC1C2. The molecule has 0 heterocycles. The van der Waals surface area contributed by atoms with Crippen molar-refractivity contribution < 1.29 is 0 Å². The monoisotopic (exact) mass is 138 g/mol. The first-order chi connectivity index (χ1) is 4.86. The summed E-state index contributed by atoms with van der Waals surface area (Å²) < 4.78 is 0. The van der Waals surface area contributed by atoms with Gasteiger partial charge in [0, 0.05) is 0 Å². The Morgan fingerprint density at radius 1 is 1.00 bits per heavy atom. The molecule has 0 aromatic carbocycles. The first-order valence-corrected chi connectivity index (χ1v) is 4.86. The smallest absolute Gasteiger partial charge is 0.0386 e. The third-order valence-corrected chi connectivity index (χ3v) is 3.66. The van der Waals surface area contributed by atoms with Crippen LogP contribution in [0.3, 0.4) is 0 Å². The van der Waals surface area contributed by atoms with Crippen molar-refractivity contribution in [2.45, 2.75) is 45.4 Å². The van der Waals surface area contributed by atoms with Crippen molar-refractivity contribution in [1.82, 2.24) is 0 Å². The molecule has 58 valence electrons. The van der Waals surface area contributed by atoms with Gasteiger partial charge in [0.1, 0.15) is 0 Å². The van der Waals surface area contributed by atoms with Crippen LogP contribution < -0.4 is 0 Å². The van der Waals surface area contributed by atoms with E-state index in [0.717, 1.165) is 17.8 Å². The zero-order chi connectivity index (χ0) is 6.97. The average Bonchev–Trinajstić information content (AvgIpc) is 1.99. The Bertz CT molecular complexity index is 115. The molecular formula is C10H18. The maximum Gasteiger partial charge on any atom is -0.0386 e. The highest BCUT2D eigenvalue weighted by Crippen LogP contribution is 2.42. The van der Waals surface area contributed by atoms with Gasteiger partial charge in [0.15, 0.2) is 0 Å². The zero-order valence-electron chi connectivity index (χ0n) is 6.97. The van der Waals surface area contributed by atoms with Crippen molar-refractivity contribution in [3.05, 3.63) is 0 Å². The van der Waals surface area contributed by atoms with Crippen LogP contribution in [-0.4, -0.2) is 0 Å². The van der Waals surface area contributed by atoms with Crippen LogP contribution in [0.1, 0.15) is 45.4 Å². The van der Waals surface area contributed by atoms with Gasteiger partial charge in [0.2, 0.25) is 0 Å². The fourth-order valence-electron chi connectivity index (χ4n) is 2.85. The van der Waals surface area contributed by atoms with Crippen LogP contribution in [0.15, 0.2) is 0 Å². The third kappa shape index (κ3) is 1.09. The van der Waals surface area contributed by atoms with Crippen LogP contribution in [-0.2, 0) is 0 Å². The summed E-state index contributed by atoms with van der Waals surface area (Å²) in [4.78, 5) is 0. The highest BCUT2D eigenvalue weighted by molar-refractivity contribution is 4.81. The molecule has 2 aliphatic rings. The molecule has 0 aliphatic heterocycles. The van der Waals surface area contributed by atoms with Crippen LogP contribution in [0.25, 0.3) is 0 Å². The molecule has 2 rings (SSSR count). The fraction of sp³-hybridized carbons (Fsp3) is 1.00. The standard InChI is InChI=1S/C10H18/c1-8-5-6-9-3-2-4-10(8)7-9/h8-10H,2-7H2,1H3/t8-,9?,10?/m0/s1. The Morgan fingerprint density at radius 2 is 1.90 bits per heavy atom. The first-order valence-electron chi connectivity index (χ1n) is 4.86. The number of hydrogen-bond acceptors (Lipinski definition) is 0. The van der Waals surface area contributed by atoms with E-state index >= 15 is 0 Å². The zero-order valence-corrected chi connectivity index (χ0v) is 6.97. The largest absolute Gasteiger partial charge is 0.0622 e. The number of rotatable bonds is 0. The Balaban J connectivity index is 2.00. The predicted octanol–water partition coefficient (Wildman–Crippen LogP) is 3.22. The molecule has 0 nitrogen and oxygen atoms in total. The summed E-state index contributed by atoms with van der Waals surface area (Å²) in [5.74, 6) is 3.30. The van der Waals surface area contributed by atoms with Gasteiger partial charge in [0.25, 0.3) is 0 Å². The molecule has 0 spiro atoms. The van der Waals surface area contributed by atoms with Gasteiger partial charge >= 0.3 is 0 Å². The van der Waals surface area contributed by atoms with E-state index in [0.29, 0.717) is 0 Å². The molecule has 2 fully saturated rings. The molecule has 0 aromatic rings. The van der Waals surface area contributed by atoms with Crippen molar-refractivity contribution in [3.8, 4) is 0 Å². The highest BCUT2D eigenvalue weighted by atomic mass is 14.4. The third-order valence-electron chi connectivity index (χ3n) is 3.66. The molecule has 10 heavy (non-hydrogen) atoms. The van der Waals surface area contributed by atoms with Gasteiger partial charge in [-0.15, -0.1) is 0 Å². The van der Waals surface area contributed by atoms with E-state index in [1.54, 1.807) is 12.8 Å². The van der Waals surface area contributed by atoms with Crippen molar-refractivity contribution in [1.29, 1.82) is 0 Å². The van der Waals surface area contributed by atoms with E-state index in [2.05, 4.69) is 6.92 Å².